The molecule has 0 aromatic heterocycles. The summed E-state index contributed by atoms with van der Waals surface area (Å²) in [5, 5.41) is 3.02. The summed E-state index contributed by atoms with van der Waals surface area (Å²) in [5.41, 5.74) is 0. The molecule has 0 radical (unpaired) electrons. The van der Waals surface area contributed by atoms with Gasteiger partial charge in [-0.2, -0.15) is 0 Å². The molecule has 2 atom stereocenters. The van der Waals surface area contributed by atoms with Crippen molar-refractivity contribution in [1.29, 1.82) is 0 Å². The summed E-state index contributed by atoms with van der Waals surface area (Å²) in [4.78, 5) is 24.7. The number of hydrogen-bond acceptors (Lipinski definition) is 2. The largest absolute Gasteiger partial charge is 0.351 e. The lowest BCUT2D eigenvalue weighted by molar-refractivity contribution is -0.134. The number of piperidine rings is 1. The number of nitrogens with one attached hydrogen (secondary N) is 1. The Morgan fingerprint density at radius 3 is 2.88 bits per heavy atom. The summed E-state index contributed by atoms with van der Waals surface area (Å²) in [6.45, 7) is 4.68. The Kier molecular flexibility index (Phi) is 4.77. The van der Waals surface area contributed by atoms with Gasteiger partial charge < -0.3 is 10.2 Å². The molecule has 0 saturated carbocycles. The summed E-state index contributed by atoms with van der Waals surface area (Å²) < 4.78 is 0. The van der Waals surface area contributed by atoms with Gasteiger partial charge >= 0.3 is 0 Å². The van der Waals surface area contributed by atoms with E-state index in [9.17, 15) is 9.59 Å². The van der Waals surface area contributed by atoms with E-state index >= 15 is 0 Å². The standard InChI is InChI=1S/C12H22N2O2/c1-4-5-9(2)12(16)13-10-6-7-11(15)14(3)8-10/h9-10H,4-8H2,1-3H3,(H,13,16). The average molecular weight is 226 g/mol. The van der Waals surface area contributed by atoms with Crippen LogP contribution < -0.4 is 5.32 Å². The molecule has 0 aliphatic carbocycles. The lowest BCUT2D eigenvalue weighted by Crippen LogP contribution is -2.49. The van der Waals surface area contributed by atoms with Crippen LogP contribution in [-0.4, -0.2) is 36.3 Å². The molecule has 0 spiro atoms. The first kappa shape index (κ1) is 13.0. The van der Waals surface area contributed by atoms with E-state index in [2.05, 4.69) is 12.2 Å². The number of likely N-dealkylation sites (N-methyl/N-ethyl adjacent to an activating group) is 1. The molecular formula is C12H22N2O2. The van der Waals surface area contributed by atoms with Gasteiger partial charge in [0.15, 0.2) is 0 Å². The lowest BCUT2D eigenvalue weighted by Gasteiger charge is -2.30. The van der Waals surface area contributed by atoms with E-state index < -0.39 is 0 Å². The van der Waals surface area contributed by atoms with E-state index in [0.29, 0.717) is 13.0 Å². The van der Waals surface area contributed by atoms with Gasteiger partial charge in [-0.3, -0.25) is 9.59 Å². The maximum atomic E-state index is 11.8. The van der Waals surface area contributed by atoms with Crippen LogP contribution >= 0.6 is 0 Å². The van der Waals surface area contributed by atoms with E-state index in [0.717, 1.165) is 19.3 Å². The van der Waals surface area contributed by atoms with Crippen molar-refractivity contribution in [3.8, 4) is 0 Å². The average Bonchev–Trinajstić information content (AvgIpc) is 2.24. The van der Waals surface area contributed by atoms with Gasteiger partial charge in [0.25, 0.3) is 0 Å². The minimum atomic E-state index is 0.0768. The fourth-order valence-electron chi connectivity index (χ4n) is 2.04. The van der Waals surface area contributed by atoms with E-state index in [-0.39, 0.29) is 23.8 Å². The van der Waals surface area contributed by atoms with E-state index in [1.807, 2.05) is 6.92 Å². The first-order valence-electron chi connectivity index (χ1n) is 6.09. The molecule has 0 bridgehead atoms. The van der Waals surface area contributed by atoms with Crippen molar-refractivity contribution in [2.75, 3.05) is 13.6 Å². The monoisotopic (exact) mass is 226 g/mol. The van der Waals surface area contributed by atoms with Crippen molar-refractivity contribution >= 4 is 11.8 Å². The lowest BCUT2D eigenvalue weighted by atomic mass is 10.0. The van der Waals surface area contributed by atoms with Gasteiger partial charge in [0.1, 0.15) is 0 Å². The molecule has 92 valence electrons. The van der Waals surface area contributed by atoms with Crippen molar-refractivity contribution in [2.24, 2.45) is 5.92 Å². The van der Waals surface area contributed by atoms with Crippen LogP contribution in [-0.2, 0) is 9.59 Å². The van der Waals surface area contributed by atoms with Gasteiger partial charge in [0.2, 0.25) is 11.8 Å². The molecule has 0 aromatic carbocycles. The zero-order valence-corrected chi connectivity index (χ0v) is 10.5. The highest BCUT2D eigenvalue weighted by atomic mass is 16.2. The van der Waals surface area contributed by atoms with Crippen LogP contribution in [0.15, 0.2) is 0 Å². The maximum Gasteiger partial charge on any atom is 0.223 e. The highest BCUT2D eigenvalue weighted by Crippen LogP contribution is 2.11. The molecule has 1 heterocycles. The van der Waals surface area contributed by atoms with Gasteiger partial charge in [-0.1, -0.05) is 20.3 Å². The molecule has 1 aliphatic rings. The molecule has 4 heteroatoms. The van der Waals surface area contributed by atoms with E-state index in [4.69, 9.17) is 0 Å². The molecular weight excluding hydrogens is 204 g/mol. The number of carbonyl (C=O) groups is 2. The second-order valence-electron chi connectivity index (χ2n) is 4.71. The van der Waals surface area contributed by atoms with Gasteiger partial charge in [-0.05, 0) is 12.8 Å². The summed E-state index contributed by atoms with van der Waals surface area (Å²) >= 11 is 0. The zero-order chi connectivity index (χ0) is 12.1. The smallest absolute Gasteiger partial charge is 0.223 e. The maximum absolute atomic E-state index is 11.8. The summed E-state index contributed by atoms with van der Waals surface area (Å²) in [7, 11) is 1.79. The number of likely N-dealkylation sites (tertiary alicyclic amines) is 1. The molecule has 2 amide bonds. The van der Waals surface area contributed by atoms with E-state index in [1.165, 1.54) is 0 Å². The van der Waals surface area contributed by atoms with Crippen molar-refractivity contribution in [1.82, 2.24) is 10.2 Å². The van der Waals surface area contributed by atoms with Gasteiger partial charge in [-0.25, -0.2) is 0 Å². The molecule has 1 N–H and O–H groups in total. The van der Waals surface area contributed by atoms with Crippen molar-refractivity contribution in [3.63, 3.8) is 0 Å². The number of nitrogens with zero attached hydrogens (tertiary/aromatic N) is 1. The molecule has 0 aromatic rings. The normalized spacial score (nSPS) is 23.1. The predicted octanol–water partition coefficient (Wildman–Crippen LogP) is 1.16. The zero-order valence-electron chi connectivity index (χ0n) is 10.5. The second-order valence-corrected chi connectivity index (χ2v) is 4.71. The Morgan fingerprint density at radius 1 is 1.62 bits per heavy atom. The number of amides is 2. The van der Waals surface area contributed by atoms with Crippen LogP contribution in [0, 0.1) is 5.92 Å². The van der Waals surface area contributed by atoms with Gasteiger partial charge in [0.05, 0.1) is 0 Å². The van der Waals surface area contributed by atoms with Crippen molar-refractivity contribution in [3.05, 3.63) is 0 Å². The topological polar surface area (TPSA) is 49.4 Å². The third kappa shape index (κ3) is 3.51. The third-order valence-corrected chi connectivity index (χ3v) is 3.14. The Bertz CT molecular complexity index is 266. The molecule has 1 fully saturated rings. The number of hydrogen-bond donors (Lipinski definition) is 1. The molecule has 1 aliphatic heterocycles. The molecule has 1 saturated heterocycles. The molecule has 4 nitrogen and oxygen atoms in total. The molecule has 16 heavy (non-hydrogen) atoms. The minimum Gasteiger partial charge on any atom is -0.351 e. The summed E-state index contributed by atoms with van der Waals surface area (Å²) in [6, 6.07) is 0.134. The quantitative estimate of drug-likeness (QED) is 0.782. The van der Waals surface area contributed by atoms with Crippen LogP contribution in [0.3, 0.4) is 0 Å². The Hall–Kier alpha value is -1.06. The van der Waals surface area contributed by atoms with Crippen molar-refractivity contribution in [2.45, 2.75) is 45.6 Å². The first-order chi connectivity index (χ1) is 7.54. The minimum absolute atomic E-state index is 0.0768. The van der Waals surface area contributed by atoms with Crippen LogP contribution in [0.2, 0.25) is 0 Å². The molecule has 2 unspecified atom stereocenters. The van der Waals surface area contributed by atoms with Gasteiger partial charge in [-0.15, -0.1) is 0 Å². The Morgan fingerprint density at radius 2 is 2.31 bits per heavy atom. The van der Waals surface area contributed by atoms with Crippen LogP contribution in [0.5, 0.6) is 0 Å². The third-order valence-electron chi connectivity index (χ3n) is 3.14. The number of carbonyl (C=O) groups excluding carboxylic acids is 2. The second kappa shape index (κ2) is 5.87. The van der Waals surface area contributed by atoms with Crippen LogP contribution in [0.1, 0.15) is 39.5 Å². The summed E-state index contributed by atoms with van der Waals surface area (Å²) in [5.74, 6) is 0.370. The Labute approximate surface area is 97.4 Å². The first-order valence-corrected chi connectivity index (χ1v) is 6.09. The Balaban J connectivity index is 2.37. The summed E-state index contributed by atoms with van der Waals surface area (Å²) in [6.07, 6.45) is 3.27. The SMILES string of the molecule is CCCC(C)C(=O)NC1CCC(=O)N(C)C1. The highest BCUT2D eigenvalue weighted by Gasteiger charge is 2.25. The van der Waals surface area contributed by atoms with E-state index in [1.54, 1.807) is 11.9 Å². The van der Waals surface area contributed by atoms with Crippen molar-refractivity contribution < 1.29 is 9.59 Å². The van der Waals surface area contributed by atoms with Crippen LogP contribution in [0.25, 0.3) is 0 Å². The fourth-order valence-corrected chi connectivity index (χ4v) is 2.04. The highest BCUT2D eigenvalue weighted by molar-refractivity contribution is 5.80. The molecule has 1 rings (SSSR count). The van der Waals surface area contributed by atoms with Crippen LogP contribution in [0.4, 0.5) is 0 Å². The fraction of sp³-hybridized carbons (Fsp3) is 0.833. The number of rotatable bonds is 4. The van der Waals surface area contributed by atoms with Gasteiger partial charge in [0, 0.05) is 32.0 Å². The predicted molar refractivity (Wildman–Crippen MR) is 62.9 cm³/mol.